The van der Waals surface area contributed by atoms with E-state index >= 15 is 0 Å². The number of hydrogen-bond donors (Lipinski definition) is 1. The highest BCUT2D eigenvalue weighted by Crippen LogP contribution is 2.18. The summed E-state index contributed by atoms with van der Waals surface area (Å²) in [4.78, 5) is 13.7. The average molecular weight is 214 g/mol. The summed E-state index contributed by atoms with van der Waals surface area (Å²) in [6.07, 6.45) is 2.38. The van der Waals surface area contributed by atoms with Gasteiger partial charge in [0.15, 0.2) is 0 Å². The van der Waals surface area contributed by atoms with Crippen molar-refractivity contribution in [2.24, 2.45) is 11.1 Å². The van der Waals surface area contributed by atoms with Crippen LogP contribution in [0, 0.1) is 5.41 Å². The third-order valence-corrected chi connectivity index (χ3v) is 2.94. The van der Waals surface area contributed by atoms with Gasteiger partial charge in [-0.2, -0.15) is 0 Å². The smallest absolute Gasteiger partial charge is 0.229 e. The zero-order valence-corrected chi connectivity index (χ0v) is 9.95. The molecule has 0 aromatic rings. The predicted molar refractivity (Wildman–Crippen MR) is 59.4 cm³/mol. The summed E-state index contributed by atoms with van der Waals surface area (Å²) < 4.78 is 5.49. The Morgan fingerprint density at radius 1 is 1.60 bits per heavy atom. The first kappa shape index (κ1) is 12.5. The van der Waals surface area contributed by atoms with Crippen LogP contribution in [0.5, 0.6) is 0 Å². The van der Waals surface area contributed by atoms with Crippen molar-refractivity contribution in [2.45, 2.75) is 32.8 Å². The number of hydrogen-bond acceptors (Lipinski definition) is 3. The predicted octanol–water partition coefficient (Wildman–Crippen LogP) is 0.609. The summed E-state index contributed by atoms with van der Waals surface area (Å²) in [6.45, 7) is 5.64. The first-order valence-corrected chi connectivity index (χ1v) is 5.54. The van der Waals surface area contributed by atoms with Crippen LogP contribution in [-0.2, 0) is 9.53 Å². The van der Waals surface area contributed by atoms with Gasteiger partial charge in [-0.05, 0) is 26.7 Å². The van der Waals surface area contributed by atoms with Crippen molar-refractivity contribution < 1.29 is 9.53 Å². The van der Waals surface area contributed by atoms with Gasteiger partial charge in [0.05, 0.1) is 11.5 Å². The summed E-state index contributed by atoms with van der Waals surface area (Å²) in [6, 6.07) is 0. The van der Waals surface area contributed by atoms with Gasteiger partial charge >= 0.3 is 0 Å². The van der Waals surface area contributed by atoms with Crippen LogP contribution >= 0.6 is 0 Å². The number of amides is 1. The van der Waals surface area contributed by atoms with E-state index in [2.05, 4.69) is 0 Å². The molecule has 0 aliphatic carbocycles. The molecule has 1 amide bonds. The normalized spacial score (nSPS) is 21.7. The Morgan fingerprint density at radius 2 is 2.27 bits per heavy atom. The number of likely N-dealkylation sites (N-methyl/N-ethyl adjacent to an activating group) is 1. The second-order valence-corrected chi connectivity index (χ2v) is 4.91. The number of rotatable bonds is 4. The lowest BCUT2D eigenvalue weighted by Gasteiger charge is -2.29. The van der Waals surface area contributed by atoms with Crippen molar-refractivity contribution in [3.8, 4) is 0 Å². The molecule has 1 saturated heterocycles. The zero-order chi connectivity index (χ0) is 11.5. The largest absolute Gasteiger partial charge is 0.376 e. The molecule has 1 rings (SSSR count). The second-order valence-electron chi connectivity index (χ2n) is 4.91. The third-order valence-electron chi connectivity index (χ3n) is 2.94. The molecule has 1 fully saturated rings. The van der Waals surface area contributed by atoms with Crippen molar-refractivity contribution in [1.29, 1.82) is 0 Å². The number of nitrogens with zero attached hydrogens (tertiary/aromatic N) is 1. The summed E-state index contributed by atoms with van der Waals surface area (Å²) in [7, 11) is 1.82. The molecule has 4 heteroatoms. The minimum atomic E-state index is -0.465. The number of carbonyl (C=O) groups is 1. The highest BCUT2D eigenvalue weighted by atomic mass is 16.5. The maximum Gasteiger partial charge on any atom is 0.229 e. The highest BCUT2D eigenvalue weighted by molar-refractivity contribution is 5.82. The Balaban J connectivity index is 2.45. The van der Waals surface area contributed by atoms with Crippen molar-refractivity contribution in [2.75, 3.05) is 26.7 Å². The van der Waals surface area contributed by atoms with E-state index in [1.807, 2.05) is 20.9 Å². The molecule has 2 N–H and O–H groups in total. The second kappa shape index (κ2) is 4.94. The molecule has 1 heterocycles. The molecule has 1 aliphatic rings. The molecule has 1 unspecified atom stereocenters. The van der Waals surface area contributed by atoms with Gasteiger partial charge in [-0.1, -0.05) is 0 Å². The molecule has 0 aromatic carbocycles. The summed E-state index contributed by atoms with van der Waals surface area (Å²) >= 11 is 0. The molecule has 4 nitrogen and oxygen atoms in total. The lowest BCUT2D eigenvalue weighted by molar-refractivity contribution is -0.139. The molecule has 88 valence electrons. The van der Waals surface area contributed by atoms with Gasteiger partial charge in [-0.3, -0.25) is 4.79 Å². The Labute approximate surface area is 91.8 Å². The molecule has 0 radical (unpaired) electrons. The number of carbonyl (C=O) groups excluding carboxylic acids is 1. The summed E-state index contributed by atoms with van der Waals surface area (Å²) in [5, 5.41) is 0. The first-order valence-electron chi connectivity index (χ1n) is 5.54. The van der Waals surface area contributed by atoms with Crippen LogP contribution in [0.25, 0.3) is 0 Å². The lowest BCUT2D eigenvalue weighted by Crippen LogP contribution is -2.45. The first-order chi connectivity index (χ1) is 6.97. The van der Waals surface area contributed by atoms with Gasteiger partial charge in [-0.25, -0.2) is 0 Å². The van der Waals surface area contributed by atoms with Crippen LogP contribution in [0.4, 0.5) is 0 Å². The van der Waals surface area contributed by atoms with E-state index in [1.165, 1.54) is 0 Å². The maximum atomic E-state index is 12.0. The molecular formula is C11H22N2O2. The van der Waals surface area contributed by atoms with E-state index in [0.29, 0.717) is 13.1 Å². The average Bonchev–Trinajstić information content (AvgIpc) is 2.69. The molecule has 0 saturated carbocycles. The minimum Gasteiger partial charge on any atom is -0.376 e. The molecule has 15 heavy (non-hydrogen) atoms. The van der Waals surface area contributed by atoms with Crippen LogP contribution in [0.2, 0.25) is 0 Å². The molecule has 0 aromatic heterocycles. The number of nitrogens with two attached hydrogens (primary N) is 1. The fraction of sp³-hybridized carbons (Fsp3) is 0.909. The lowest BCUT2D eigenvalue weighted by atomic mass is 9.92. The van der Waals surface area contributed by atoms with Crippen molar-refractivity contribution in [3.63, 3.8) is 0 Å². The van der Waals surface area contributed by atoms with Gasteiger partial charge in [-0.15, -0.1) is 0 Å². The van der Waals surface area contributed by atoms with Crippen molar-refractivity contribution >= 4 is 5.91 Å². The van der Waals surface area contributed by atoms with E-state index in [9.17, 15) is 4.79 Å². The van der Waals surface area contributed by atoms with Crippen molar-refractivity contribution in [3.05, 3.63) is 0 Å². The molecule has 1 aliphatic heterocycles. The fourth-order valence-electron chi connectivity index (χ4n) is 1.78. The SMILES string of the molecule is CN(CC1CCCO1)C(=O)C(C)(C)CN. The fourth-order valence-corrected chi connectivity index (χ4v) is 1.78. The number of ether oxygens (including phenoxy) is 1. The van der Waals surface area contributed by atoms with E-state index in [0.717, 1.165) is 19.4 Å². The van der Waals surface area contributed by atoms with Gasteiger partial charge in [0.25, 0.3) is 0 Å². The third kappa shape index (κ3) is 3.18. The van der Waals surface area contributed by atoms with Gasteiger partial charge in [0, 0.05) is 26.7 Å². The van der Waals surface area contributed by atoms with Gasteiger partial charge in [0.2, 0.25) is 5.91 Å². The zero-order valence-electron chi connectivity index (χ0n) is 9.95. The van der Waals surface area contributed by atoms with Crippen LogP contribution in [0.1, 0.15) is 26.7 Å². The van der Waals surface area contributed by atoms with Crippen LogP contribution in [-0.4, -0.2) is 43.7 Å². The Morgan fingerprint density at radius 3 is 2.73 bits per heavy atom. The summed E-state index contributed by atoms with van der Waals surface area (Å²) in [5.41, 5.74) is 5.11. The monoisotopic (exact) mass is 214 g/mol. The van der Waals surface area contributed by atoms with Crippen LogP contribution < -0.4 is 5.73 Å². The molecule has 1 atom stereocenters. The Bertz CT molecular complexity index is 223. The summed E-state index contributed by atoms with van der Waals surface area (Å²) in [5.74, 6) is 0.0977. The van der Waals surface area contributed by atoms with Crippen LogP contribution in [0.3, 0.4) is 0 Å². The van der Waals surface area contributed by atoms with Crippen molar-refractivity contribution in [1.82, 2.24) is 4.90 Å². The standard InChI is InChI=1S/C11H22N2O2/c1-11(2,8-12)10(14)13(3)7-9-5-4-6-15-9/h9H,4-8,12H2,1-3H3. The molecular weight excluding hydrogens is 192 g/mol. The Kier molecular flexibility index (Phi) is 4.11. The van der Waals surface area contributed by atoms with E-state index in [-0.39, 0.29) is 12.0 Å². The topological polar surface area (TPSA) is 55.6 Å². The Hall–Kier alpha value is -0.610. The molecule has 0 bridgehead atoms. The van der Waals surface area contributed by atoms with E-state index < -0.39 is 5.41 Å². The highest BCUT2D eigenvalue weighted by Gasteiger charge is 2.30. The minimum absolute atomic E-state index is 0.0977. The van der Waals surface area contributed by atoms with E-state index in [1.54, 1.807) is 4.90 Å². The molecule has 0 spiro atoms. The van der Waals surface area contributed by atoms with Crippen LogP contribution in [0.15, 0.2) is 0 Å². The maximum absolute atomic E-state index is 12.0. The van der Waals surface area contributed by atoms with Gasteiger partial charge < -0.3 is 15.4 Å². The van der Waals surface area contributed by atoms with E-state index in [4.69, 9.17) is 10.5 Å². The van der Waals surface area contributed by atoms with Gasteiger partial charge in [0.1, 0.15) is 0 Å². The quantitative estimate of drug-likeness (QED) is 0.746.